The van der Waals surface area contributed by atoms with Crippen LogP contribution in [0.4, 0.5) is 9.18 Å². The average Bonchev–Trinajstić information content (AvgIpc) is 2.89. The third-order valence-corrected chi connectivity index (χ3v) is 4.94. The van der Waals surface area contributed by atoms with Gasteiger partial charge in [-0.05, 0) is 24.6 Å². The van der Waals surface area contributed by atoms with Gasteiger partial charge in [0, 0.05) is 32.7 Å². The number of imidazole rings is 1. The summed E-state index contributed by atoms with van der Waals surface area (Å²) in [5.74, 6) is 0.205. The Morgan fingerprint density at radius 3 is 2.86 bits per heavy atom. The van der Waals surface area contributed by atoms with Gasteiger partial charge in [-0.1, -0.05) is 12.1 Å². The topological polar surface area (TPSA) is 82.2 Å². The highest BCUT2D eigenvalue weighted by Gasteiger charge is 2.34. The van der Waals surface area contributed by atoms with E-state index in [1.807, 2.05) is 13.0 Å². The lowest BCUT2D eigenvalue weighted by molar-refractivity contribution is 0.128. The molecule has 1 saturated heterocycles. The van der Waals surface area contributed by atoms with Crippen LogP contribution in [-0.4, -0.2) is 49.7 Å². The monoisotopic (exact) mass is 385 g/mol. The second kappa shape index (κ2) is 7.16. The summed E-state index contributed by atoms with van der Waals surface area (Å²) in [4.78, 5) is 35.6. The number of fused-ring (bicyclic) bond motifs is 1. The number of hydrogen-bond donors (Lipinski definition) is 0. The maximum atomic E-state index is 13.4. The highest BCUT2D eigenvalue weighted by atomic mass is 19.1. The minimum absolute atomic E-state index is 0.0550. The van der Waals surface area contributed by atoms with Crippen molar-refractivity contribution in [3.63, 3.8) is 0 Å². The predicted molar refractivity (Wildman–Crippen MR) is 99.6 cm³/mol. The van der Waals surface area contributed by atoms with Gasteiger partial charge in [0.2, 0.25) is 0 Å². The van der Waals surface area contributed by atoms with Gasteiger partial charge < -0.3 is 9.64 Å². The summed E-state index contributed by atoms with van der Waals surface area (Å²) >= 11 is 0. The van der Waals surface area contributed by atoms with Crippen molar-refractivity contribution in [3.05, 3.63) is 58.2 Å². The van der Waals surface area contributed by atoms with Gasteiger partial charge in [-0.3, -0.25) is 4.57 Å². The molecule has 0 unspecified atom stereocenters. The summed E-state index contributed by atoms with van der Waals surface area (Å²) in [6, 6.07) is 5.93. The smallest absolute Gasteiger partial charge is 0.338 e. The molecule has 2 aromatic heterocycles. The van der Waals surface area contributed by atoms with E-state index in [-0.39, 0.29) is 18.3 Å². The highest BCUT2D eigenvalue weighted by molar-refractivity contribution is 5.88. The molecule has 0 atom stereocenters. The van der Waals surface area contributed by atoms with Crippen LogP contribution in [0.3, 0.4) is 0 Å². The molecule has 28 heavy (non-hydrogen) atoms. The summed E-state index contributed by atoms with van der Waals surface area (Å²) in [7, 11) is 1.57. The van der Waals surface area contributed by atoms with Gasteiger partial charge in [0.1, 0.15) is 17.9 Å². The molecular weight excluding hydrogens is 365 g/mol. The van der Waals surface area contributed by atoms with E-state index in [1.54, 1.807) is 18.0 Å². The largest absolute Gasteiger partial charge is 0.374 e. The van der Waals surface area contributed by atoms with E-state index in [2.05, 4.69) is 9.97 Å². The first-order chi connectivity index (χ1) is 13.5. The number of amides is 1. The van der Waals surface area contributed by atoms with E-state index in [0.717, 1.165) is 10.1 Å². The Hall–Kier alpha value is -3.07. The normalized spacial score (nSPS) is 14.5. The van der Waals surface area contributed by atoms with Crippen LogP contribution < -0.4 is 5.69 Å². The van der Waals surface area contributed by atoms with Gasteiger partial charge >= 0.3 is 11.7 Å². The summed E-state index contributed by atoms with van der Waals surface area (Å²) in [6.45, 7) is 3.48. The van der Waals surface area contributed by atoms with Crippen LogP contribution in [0.25, 0.3) is 11.2 Å². The fraction of sp³-hybridized carbons (Fsp3) is 0.368. The lowest BCUT2D eigenvalue weighted by Gasteiger charge is -2.39. The number of halogens is 1. The van der Waals surface area contributed by atoms with Crippen molar-refractivity contribution in [2.24, 2.45) is 7.05 Å². The summed E-state index contributed by atoms with van der Waals surface area (Å²) in [6.07, 6.45) is 1.47. The van der Waals surface area contributed by atoms with Crippen LogP contribution in [0.1, 0.15) is 24.2 Å². The van der Waals surface area contributed by atoms with E-state index in [9.17, 15) is 14.0 Å². The quantitative estimate of drug-likeness (QED) is 0.685. The number of carbonyl (C=O) groups is 1. The van der Waals surface area contributed by atoms with E-state index in [0.29, 0.717) is 36.7 Å². The van der Waals surface area contributed by atoms with Crippen LogP contribution in [0, 0.1) is 5.82 Å². The van der Waals surface area contributed by atoms with Gasteiger partial charge in [0.25, 0.3) is 0 Å². The summed E-state index contributed by atoms with van der Waals surface area (Å²) < 4.78 is 21.1. The third kappa shape index (κ3) is 3.07. The minimum atomic E-state index is -0.475. The maximum absolute atomic E-state index is 13.4. The third-order valence-electron chi connectivity index (χ3n) is 4.94. The van der Waals surface area contributed by atoms with E-state index in [4.69, 9.17) is 4.74 Å². The fourth-order valence-electron chi connectivity index (χ4n) is 3.35. The van der Waals surface area contributed by atoms with Crippen molar-refractivity contribution in [3.8, 4) is 0 Å². The number of carbonyl (C=O) groups excluding carboxylic acids is 1. The first-order valence-corrected chi connectivity index (χ1v) is 9.05. The number of rotatable bonds is 4. The zero-order valence-corrected chi connectivity index (χ0v) is 15.6. The molecule has 0 N–H and O–H groups in total. The predicted octanol–water partition coefficient (Wildman–Crippen LogP) is 1.87. The number of aryl methyl sites for hydroxylation is 1. The standard InChI is InChI=1S/C19H20FN5O3/c1-3-28-11-16-21-8-15-17(22-16)23(2)18(26)25(15)19(27)24-9-13(10-24)12-5-4-6-14(20)7-12/h4-8,13H,3,9-11H2,1-2H3. The molecule has 1 aromatic carbocycles. The first-order valence-electron chi connectivity index (χ1n) is 9.05. The molecule has 1 aliphatic heterocycles. The van der Waals surface area contributed by atoms with E-state index in [1.165, 1.54) is 22.9 Å². The molecule has 3 heterocycles. The Bertz CT molecular complexity index is 1100. The number of benzene rings is 1. The van der Waals surface area contributed by atoms with Crippen molar-refractivity contribution in [1.82, 2.24) is 24.0 Å². The number of ether oxygens (including phenoxy) is 1. The zero-order valence-electron chi connectivity index (χ0n) is 15.6. The van der Waals surface area contributed by atoms with Crippen molar-refractivity contribution >= 4 is 17.2 Å². The highest BCUT2D eigenvalue weighted by Crippen LogP contribution is 2.28. The van der Waals surface area contributed by atoms with Crippen LogP contribution in [0.5, 0.6) is 0 Å². The van der Waals surface area contributed by atoms with Crippen molar-refractivity contribution in [2.45, 2.75) is 19.4 Å². The lowest BCUT2D eigenvalue weighted by atomic mass is 9.92. The van der Waals surface area contributed by atoms with Crippen LogP contribution in [0.15, 0.2) is 35.3 Å². The lowest BCUT2D eigenvalue weighted by Crippen LogP contribution is -2.52. The Morgan fingerprint density at radius 2 is 2.14 bits per heavy atom. The molecular formula is C19H20FN5O3. The Balaban J connectivity index is 1.58. The Kier molecular flexibility index (Phi) is 4.68. The molecule has 1 amide bonds. The molecule has 3 aromatic rings. The minimum Gasteiger partial charge on any atom is -0.374 e. The number of aromatic nitrogens is 4. The van der Waals surface area contributed by atoms with Crippen molar-refractivity contribution in [2.75, 3.05) is 19.7 Å². The van der Waals surface area contributed by atoms with Crippen LogP contribution in [-0.2, 0) is 18.4 Å². The molecule has 1 fully saturated rings. The van der Waals surface area contributed by atoms with Crippen LogP contribution >= 0.6 is 0 Å². The fourth-order valence-corrected chi connectivity index (χ4v) is 3.35. The number of nitrogens with zero attached hydrogens (tertiary/aromatic N) is 5. The van der Waals surface area contributed by atoms with Crippen molar-refractivity contribution < 1.29 is 13.9 Å². The second-order valence-electron chi connectivity index (χ2n) is 6.75. The summed E-state index contributed by atoms with van der Waals surface area (Å²) in [5.41, 5.74) is 1.10. The van der Waals surface area contributed by atoms with E-state index >= 15 is 0 Å². The average molecular weight is 385 g/mol. The van der Waals surface area contributed by atoms with Gasteiger partial charge in [-0.25, -0.2) is 28.5 Å². The van der Waals surface area contributed by atoms with Crippen LogP contribution in [0.2, 0.25) is 0 Å². The van der Waals surface area contributed by atoms with Gasteiger partial charge in [0.05, 0.1) is 6.20 Å². The molecule has 9 heteroatoms. The molecule has 8 nitrogen and oxygen atoms in total. The molecule has 0 spiro atoms. The first kappa shape index (κ1) is 18.3. The van der Waals surface area contributed by atoms with Gasteiger partial charge in [-0.2, -0.15) is 0 Å². The molecule has 0 bridgehead atoms. The molecule has 146 valence electrons. The maximum Gasteiger partial charge on any atom is 0.338 e. The molecule has 4 rings (SSSR count). The molecule has 0 radical (unpaired) electrons. The molecule has 0 saturated carbocycles. The van der Waals surface area contributed by atoms with Gasteiger partial charge in [0.15, 0.2) is 11.5 Å². The number of hydrogen-bond acceptors (Lipinski definition) is 5. The van der Waals surface area contributed by atoms with Crippen molar-refractivity contribution in [1.29, 1.82) is 0 Å². The molecule has 1 aliphatic rings. The second-order valence-corrected chi connectivity index (χ2v) is 6.75. The number of likely N-dealkylation sites (tertiary alicyclic amines) is 1. The molecule has 0 aliphatic carbocycles. The Labute approximate surface area is 160 Å². The SMILES string of the molecule is CCOCc1ncc2c(n1)n(C)c(=O)n2C(=O)N1CC(c2cccc(F)c2)C1. The Morgan fingerprint density at radius 1 is 1.36 bits per heavy atom. The van der Waals surface area contributed by atoms with Gasteiger partial charge in [-0.15, -0.1) is 0 Å². The zero-order chi connectivity index (χ0) is 19.8. The summed E-state index contributed by atoms with van der Waals surface area (Å²) in [5, 5.41) is 0. The van der Waals surface area contributed by atoms with E-state index < -0.39 is 11.7 Å².